The summed E-state index contributed by atoms with van der Waals surface area (Å²) in [5.74, 6) is -2.84. The molecule has 212 valence electrons. The van der Waals surface area contributed by atoms with Gasteiger partial charge in [0.25, 0.3) is 17.6 Å². The second kappa shape index (κ2) is 12.2. The molecule has 4 aromatic rings. The molecule has 1 aliphatic rings. The van der Waals surface area contributed by atoms with Crippen LogP contribution in [0.1, 0.15) is 27.5 Å². The largest absolute Gasteiger partial charge is 0.497 e. The van der Waals surface area contributed by atoms with Gasteiger partial charge in [-0.15, -0.1) is 0 Å². The lowest BCUT2D eigenvalue weighted by atomic mass is 10.0. The SMILES string of the molecule is COc1ccc(NC(=O)[C@H](c2ccc(Cl)cc2)N(Cc2ccccc2F)C(=O)CN2C(=O)C(=O)c3ccccc32)cc1. The number of hydrogen-bond donors (Lipinski definition) is 1. The van der Waals surface area contributed by atoms with Crippen LogP contribution >= 0.6 is 11.6 Å². The second-order valence-corrected chi connectivity index (χ2v) is 9.96. The first-order valence-corrected chi connectivity index (χ1v) is 13.3. The number of amides is 3. The average molecular weight is 586 g/mol. The predicted molar refractivity (Wildman–Crippen MR) is 156 cm³/mol. The van der Waals surface area contributed by atoms with E-state index in [0.29, 0.717) is 22.0 Å². The Morgan fingerprint density at radius 1 is 0.929 bits per heavy atom. The first-order valence-electron chi connectivity index (χ1n) is 13.0. The van der Waals surface area contributed by atoms with Crippen molar-refractivity contribution in [3.8, 4) is 5.75 Å². The van der Waals surface area contributed by atoms with E-state index in [-0.39, 0.29) is 23.4 Å². The number of nitrogens with zero attached hydrogens (tertiary/aromatic N) is 2. The molecule has 0 fully saturated rings. The molecule has 10 heteroatoms. The van der Waals surface area contributed by atoms with E-state index in [0.717, 1.165) is 4.90 Å². The standard InChI is InChI=1S/C32H25ClFN3O5/c1-42-24-16-14-23(15-17-24)35-31(40)29(20-10-12-22(33)13-11-20)37(18-21-6-2-4-8-26(21)34)28(38)19-36-27-9-5-3-7-25(27)30(39)32(36)41/h2-17,29H,18-19H2,1H3,(H,35,40)/t29-/m0/s1. The molecule has 8 nitrogen and oxygen atoms in total. The summed E-state index contributed by atoms with van der Waals surface area (Å²) in [6.07, 6.45) is 0. The Morgan fingerprint density at radius 3 is 2.29 bits per heavy atom. The minimum atomic E-state index is -1.26. The van der Waals surface area contributed by atoms with Gasteiger partial charge in [0.1, 0.15) is 24.2 Å². The molecule has 0 unspecified atom stereocenters. The van der Waals surface area contributed by atoms with Crippen LogP contribution in [-0.2, 0) is 20.9 Å². The molecule has 4 aromatic carbocycles. The summed E-state index contributed by atoms with van der Waals surface area (Å²) in [5.41, 5.74) is 1.47. The van der Waals surface area contributed by atoms with Gasteiger partial charge in [0.05, 0.1) is 18.4 Å². The summed E-state index contributed by atoms with van der Waals surface area (Å²) in [6, 6.07) is 24.0. The van der Waals surface area contributed by atoms with Crippen LogP contribution in [0.15, 0.2) is 97.1 Å². The number of carbonyl (C=O) groups excluding carboxylic acids is 4. The van der Waals surface area contributed by atoms with Crippen LogP contribution in [0.4, 0.5) is 15.8 Å². The number of fused-ring (bicyclic) bond motifs is 1. The molecule has 0 saturated heterocycles. The van der Waals surface area contributed by atoms with Crippen LogP contribution in [0.25, 0.3) is 0 Å². The highest BCUT2D eigenvalue weighted by atomic mass is 35.5. The fourth-order valence-corrected chi connectivity index (χ4v) is 4.89. The molecule has 1 N–H and O–H groups in total. The van der Waals surface area contributed by atoms with Crippen LogP contribution in [0.2, 0.25) is 5.02 Å². The fourth-order valence-electron chi connectivity index (χ4n) is 4.77. The van der Waals surface area contributed by atoms with Gasteiger partial charge in [0.15, 0.2) is 0 Å². The van der Waals surface area contributed by atoms with Crippen LogP contribution in [-0.4, -0.2) is 42.1 Å². The number of carbonyl (C=O) groups is 4. The molecule has 1 aliphatic heterocycles. The number of ketones is 1. The Balaban J connectivity index is 1.55. The highest BCUT2D eigenvalue weighted by molar-refractivity contribution is 6.52. The van der Waals surface area contributed by atoms with Gasteiger partial charge < -0.3 is 15.0 Å². The number of hydrogen-bond acceptors (Lipinski definition) is 5. The van der Waals surface area contributed by atoms with Gasteiger partial charge in [-0.3, -0.25) is 24.1 Å². The highest BCUT2D eigenvalue weighted by Gasteiger charge is 2.39. The Hall–Kier alpha value is -5.02. The minimum absolute atomic E-state index is 0.159. The Morgan fingerprint density at radius 2 is 1.60 bits per heavy atom. The zero-order valence-corrected chi connectivity index (χ0v) is 23.2. The second-order valence-electron chi connectivity index (χ2n) is 9.52. The van der Waals surface area contributed by atoms with Gasteiger partial charge in [-0.05, 0) is 60.2 Å². The van der Waals surface area contributed by atoms with Crippen molar-refractivity contribution in [2.24, 2.45) is 0 Å². The number of benzene rings is 4. The van der Waals surface area contributed by atoms with Gasteiger partial charge in [-0.1, -0.05) is 54.1 Å². The molecule has 0 radical (unpaired) electrons. The highest BCUT2D eigenvalue weighted by Crippen LogP contribution is 2.31. The van der Waals surface area contributed by atoms with E-state index in [1.54, 1.807) is 72.8 Å². The number of halogens is 2. The van der Waals surface area contributed by atoms with Crippen molar-refractivity contribution >= 4 is 46.5 Å². The maximum absolute atomic E-state index is 14.9. The van der Waals surface area contributed by atoms with Crippen molar-refractivity contribution in [3.63, 3.8) is 0 Å². The number of anilines is 2. The summed E-state index contributed by atoms with van der Waals surface area (Å²) in [6.45, 7) is -0.845. The molecule has 3 amide bonds. The van der Waals surface area contributed by atoms with Gasteiger partial charge in [-0.2, -0.15) is 0 Å². The molecule has 1 heterocycles. The van der Waals surface area contributed by atoms with Gasteiger partial charge >= 0.3 is 0 Å². The first kappa shape index (κ1) is 28.5. The van der Waals surface area contributed by atoms with Gasteiger partial charge in [0.2, 0.25) is 5.91 Å². The van der Waals surface area contributed by atoms with Crippen molar-refractivity contribution in [3.05, 3.63) is 125 Å². The van der Waals surface area contributed by atoms with E-state index in [9.17, 15) is 23.6 Å². The summed E-state index contributed by atoms with van der Waals surface area (Å²) in [5, 5.41) is 3.23. The van der Waals surface area contributed by atoms with Crippen LogP contribution in [0, 0.1) is 5.82 Å². The summed E-state index contributed by atoms with van der Waals surface area (Å²) in [4.78, 5) is 55.7. The fraction of sp³-hybridized carbons (Fsp3) is 0.125. The normalized spacial score (nSPS) is 13.0. The van der Waals surface area contributed by atoms with Gasteiger partial charge in [0, 0.05) is 22.8 Å². The molecule has 0 spiro atoms. The van der Waals surface area contributed by atoms with Crippen LogP contribution < -0.4 is 15.0 Å². The Kier molecular flexibility index (Phi) is 8.31. The molecular weight excluding hydrogens is 561 g/mol. The predicted octanol–water partition coefficient (Wildman–Crippen LogP) is 5.43. The van der Waals surface area contributed by atoms with Crippen molar-refractivity contribution in [1.82, 2.24) is 4.90 Å². The van der Waals surface area contributed by atoms with Gasteiger partial charge in [-0.25, -0.2) is 4.39 Å². The lowest BCUT2D eigenvalue weighted by Gasteiger charge is -2.33. The van der Waals surface area contributed by atoms with E-state index in [4.69, 9.17) is 16.3 Å². The number of nitrogens with one attached hydrogen (secondary N) is 1. The lowest BCUT2D eigenvalue weighted by Crippen LogP contribution is -2.46. The van der Waals surface area contributed by atoms with Crippen LogP contribution in [0.3, 0.4) is 0 Å². The topological polar surface area (TPSA) is 96.0 Å². The van der Waals surface area contributed by atoms with Crippen molar-refractivity contribution in [1.29, 1.82) is 0 Å². The van der Waals surface area contributed by atoms with E-state index < -0.39 is 41.9 Å². The molecule has 42 heavy (non-hydrogen) atoms. The van der Waals surface area contributed by atoms with Crippen LogP contribution in [0.5, 0.6) is 5.75 Å². The van der Waals surface area contributed by atoms with E-state index in [1.165, 1.54) is 36.3 Å². The zero-order valence-electron chi connectivity index (χ0n) is 22.4. The monoisotopic (exact) mass is 585 g/mol. The summed E-state index contributed by atoms with van der Waals surface area (Å²) in [7, 11) is 1.52. The number of Topliss-reactive ketones (excluding diaryl/α,β-unsaturated/α-hetero) is 1. The summed E-state index contributed by atoms with van der Waals surface area (Å²) < 4.78 is 20.1. The minimum Gasteiger partial charge on any atom is -0.497 e. The Labute approximate surface area is 246 Å². The summed E-state index contributed by atoms with van der Waals surface area (Å²) >= 11 is 6.12. The number of rotatable bonds is 9. The molecule has 0 aromatic heterocycles. The van der Waals surface area contributed by atoms with E-state index >= 15 is 0 Å². The average Bonchev–Trinajstić information content (AvgIpc) is 3.24. The first-order chi connectivity index (χ1) is 20.3. The van der Waals surface area contributed by atoms with E-state index in [1.807, 2.05) is 0 Å². The number of methoxy groups -OCH3 is 1. The third-order valence-electron chi connectivity index (χ3n) is 6.89. The number of ether oxygens (including phenoxy) is 1. The van der Waals surface area contributed by atoms with Crippen molar-refractivity contribution in [2.45, 2.75) is 12.6 Å². The quantitative estimate of drug-likeness (QED) is 0.264. The molecule has 1 atom stereocenters. The van der Waals surface area contributed by atoms with E-state index in [2.05, 4.69) is 5.32 Å². The molecule has 0 aliphatic carbocycles. The third kappa shape index (κ3) is 5.87. The molecular formula is C32H25ClFN3O5. The number of para-hydroxylation sites is 1. The maximum atomic E-state index is 14.9. The van der Waals surface area contributed by atoms with Crippen molar-refractivity contribution in [2.75, 3.05) is 23.9 Å². The molecule has 5 rings (SSSR count). The maximum Gasteiger partial charge on any atom is 0.299 e. The zero-order chi connectivity index (χ0) is 29.8. The third-order valence-corrected chi connectivity index (χ3v) is 7.15. The molecule has 0 saturated carbocycles. The Bertz CT molecular complexity index is 1660. The molecule has 0 bridgehead atoms. The van der Waals surface area contributed by atoms with Crippen molar-refractivity contribution < 1.29 is 28.3 Å². The smallest absolute Gasteiger partial charge is 0.299 e. The lowest BCUT2D eigenvalue weighted by molar-refractivity contribution is -0.139.